The average molecular weight is 378 g/mol. The monoisotopic (exact) mass is 378 g/mol. The second kappa shape index (κ2) is 8.79. The van der Waals surface area contributed by atoms with Crippen molar-refractivity contribution in [1.29, 1.82) is 0 Å². The molecule has 2 heterocycles. The summed E-state index contributed by atoms with van der Waals surface area (Å²) in [5.41, 5.74) is 5.65. The summed E-state index contributed by atoms with van der Waals surface area (Å²) >= 11 is 0. The quantitative estimate of drug-likeness (QED) is 0.782. The fraction of sp³-hybridized carbons (Fsp3) is 0.600. The standard InChI is InChI=1S/C13H20N4O2.C2HF3O2/c1-9(2)10-6-17(7-11(10)14)12(18)8-16-5-3-4-15-13(16)19;3-2(4,5)1(6)7/h3-5,9-11H,6-8,14H2,1-2H3;(H,6,7)/t10-,11+;/m0./s1. The molecular formula is C15H21F3N4O4. The Balaban J connectivity index is 0.000000412. The maximum atomic E-state index is 12.2. The smallest absolute Gasteiger partial charge is 0.475 e. The molecular weight excluding hydrogens is 357 g/mol. The van der Waals surface area contributed by atoms with Gasteiger partial charge >= 0.3 is 17.8 Å². The van der Waals surface area contributed by atoms with Gasteiger partial charge in [0.2, 0.25) is 5.91 Å². The van der Waals surface area contributed by atoms with Gasteiger partial charge in [-0.2, -0.15) is 13.2 Å². The van der Waals surface area contributed by atoms with Crippen LogP contribution in [0, 0.1) is 11.8 Å². The molecule has 0 bridgehead atoms. The molecule has 26 heavy (non-hydrogen) atoms. The molecule has 146 valence electrons. The van der Waals surface area contributed by atoms with E-state index >= 15 is 0 Å². The van der Waals surface area contributed by atoms with Crippen LogP contribution in [0.25, 0.3) is 0 Å². The maximum Gasteiger partial charge on any atom is 0.490 e. The number of likely N-dealkylation sites (tertiary alicyclic amines) is 1. The van der Waals surface area contributed by atoms with Crippen LogP contribution in [0.1, 0.15) is 13.8 Å². The van der Waals surface area contributed by atoms with Crippen molar-refractivity contribution < 1.29 is 27.9 Å². The first-order chi connectivity index (χ1) is 11.9. The van der Waals surface area contributed by atoms with Crippen LogP contribution in [0.15, 0.2) is 23.3 Å². The molecule has 1 aromatic rings. The Bertz CT molecular complexity index is 690. The summed E-state index contributed by atoms with van der Waals surface area (Å²) in [6.45, 7) is 5.50. The van der Waals surface area contributed by atoms with E-state index in [-0.39, 0.29) is 18.5 Å². The van der Waals surface area contributed by atoms with Gasteiger partial charge in [-0.1, -0.05) is 13.8 Å². The van der Waals surface area contributed by atoms with Gasteiger partial charge in [-0.3, -0.25) is 9.36 Å². The van der Waals surface area contributed by atoms with Crippen LogP contribution in [0.5, 0.6) is 0 Å². The lowest BCUT2D eigenvalue weighted by Crippen LogP contribution is -2.36. The second-order valence-corrected chi connectivity index (χ2v) is 6.20. The lowest BCUT2D eigenvalue weighted by atomic mass is 9.92. The van der Waals surface area contributed by atoms with E-state index in [1.807, 2.05) is 0 Å². The summed E-state index contributed by atoms with van der Waals surface area (Å²) < 4.78 is 33.1. The number of hydrogen-bond acceptors (Lipinski definition) is 5. The molecule has 0 aromatic carbocycles. The lowest BCUT2D eigenvalue weighted by molar-refractivity contribution is -0.192. The van der Waals surface area contributed by atoms with Crippen molar-refractivity contribution in [3.8, 4) is 0 Å². The average Bonchev–Trinajstić information content (AvgIpc) is 2.91. The van der Waals surface area contributed by atoms with E-state index in [9.17, 15) is 22.8 Å². The third-order valence-electron chi connectivity index (χ3n) is 3.95. The Kier molecular flexibility index (Phi) is 7.30. The van der Waals surface area contributed by atoms with Gasteiger partial charge in [0, 0.05) is 31.5 Å². The minimum absolute atomic E-state index is 0.0228. The summed E-state index contributed by atoms with van der Waals surface area (Å²) in [5, 5.41) is 7.12. The van der Waals surface area contributed by atoms with Crippen LogP contribution >= 0.6 is 0 Å². The van der Waals surface area contributed by atoms with E-state index in [0.717, 1.165) is 0 Å². The highest BCUT2D eigenvalue weighted by Gasteiger charge is 2.38. The third kappa shape index (κ3) is 6.14. The van der Waals surface area contributed by atoms with Crippen molar-refractivity contribution in [2.75, 3.05) is 13.1 Å². The van der Waals surface area contributed by atoms with Gasteiger partial charge in [-0.05, 0) is 17.9 Å². The number of carbonyl (C=O) groups excluding carboxylic acids is 1. The highest BCUT2D eigenvalue weighted by molar-refractivity contribution is 5.76. The highest BCUT2D eigenvalue weighted by Crippen LogP contribution is 2.23. The Hall–Kier alpha value is -2.43. The van der Waals surface area contributed by atoms with Crippen LogP contribution in [-0.2, 0) is 16.1 Å². The van der Waals surface area contributed by atoms with Gasteiger partial charge in [-0.15, -0.1) is 0 Å². The molecule has 2 atom stereocenters. The van der Waals surface area contributed by atoms with Gasteiger partial charge < -0.3 is 15.7 Å². The molecule has 3 N–H and O–H groups in total. The molecule has 0 unspecified atom stereocenters. The number of alkyl halides is 3. The largest absolute Gasteiger partial charge is 0.490 e. The Morgan fingerprint density at radius 2 is 1.96 bits per heavy atom. The topological polar surface area (TPSA) is 119 Å². The normalized spacial score (nSPS) is 19.9. The number of rotatable bonds is 3. The van der Waals surface area contributed by atoms with E-state index in [0.29, 0.717) is 24.9 Å². The van der Waals surface area contributed by atoms with Crippen molar-refractivity contribution >= 4 is 11.9 Å². The Morgan fingerprint density at radius 3 is 2.38 bits per heavy atom. The second-order valence-electron chi connectivity index (χ2n) is 6.20. The number of carboxylic acid groups (broad SMARTS) is 1. The van der Waals surface area contributed by atoms with Gasteiger partial charge in [0.25, 0.3) is 0 Å². The van der Waals surface area contributed by atoms with Crippen LogP contribution in [-0.4, -0.2) is 56.7 Å². The molecule has 0 saturated carbocycles. The Labute approximate surface area is 147 Å². The first-order valence-electron chi connectivity index (χ1n) is 7.78. The number of carboxylic acids is 1. The van der Waals surface area contributed by atoms with Crippen molar-refractivity contribution in [1.82, 2.24) is 14.5 Å². The van der Waals surface area contributed by atoms with E-state index in [4.69, 9.17) is 15.6 Å². The molecule has 0 spiro atoms. The summed E-state index contributed by atoms with van der Waals surface area (Å²) in [5.74, 6) is -2.05. The molecule has 1 aromatic heterocycles. The molecule has 0 radical (unpaired) electrons. The highest BCUT2D eigenvalue weighted by atomic mass is 19.4. The summed E-state index contributed by atoms with van der Waals surface area (Å²) in [6, 6.07) is 1.66. The zero-order valence-electron chi connectivity index (χ0n) is 14.3. The van der Waals surface area contributed by atoms with Crippen LogP contribution < -0.4 is 11.4 Å². The number of nitrogens with two attached hydrogens (primary N) is 1. The van der Waals surface area contributed by atoms with E-state index in [1.165, 1.54) is 10.8 Å². The number of aromatic nitrogens is 2. The minimum Gasteiger partial charge on any atom is -0.475 e. The fourth-order valence-corrected chi connectivity index (χ4v) is 2.52. The van der Waals surface area contributed by atoms with Crippen molar-refractivity contribution in [3.63, 3.8) is 0 Å². The molecule has 1 aliphatic heterocycles. The van der Waals surface area contributed by atoms with Gasteiger partial charge in [-0.25, -0.2) is 14.6 Å². The van der Waals surface area contributed by atoms with Crippen molar-refractivity contribution in [2.45, 2.75) is 32.6 Å². The summed E-state index contributed by atoms with van der Waals surface area (Å²) in [6.07, 6.45) is -2.09. The minimum atomic E-state index is -5.08. The van der Waals surface area contributed by atoms with Gasteiger partial charge in [0.1, 0.15) is 6.54 Å². The number of aliphatic carboxylic acids is 1. The van der Waals surface area contributed by atoms with E-state index < -0.39 is 17.8 Å². The number of nitrogens with zero attached hydrogens (tertiary/aromatic N) is 3. The molecule has 1 fully saturated rings. The number of carbonyl (C=O) groups is 2. The third-order valence-corrected chi connectivity index (χ3v) is 3.95. The van der Waals surface area contributed by atoms with Crippen molar-refractivity contribution in [3.05, 3.63) is 28.9 Å². The molecule has 8 nitrogen and oxygen atoms in total. The van der Waals surface area contributed by atoms with E-state index in [1.54, 1.807) is 17.2 Å². The number of hydrogen-bond donors (Lipinski definition) is 2. The maximum absolute atomic E-state index is 12.2. The first-order valence-corrected chi connectivity index (χ1v) is 7.78. The molecule has 0 aliphatic carbocycles. The zero-order chi connectivity index (χ0) is 20.1. The number of amides is 1. The Morgan fingerprint density at radius 1 is 1.38 bits per heavy atom. The molecule has 1 aliphatic rings. The van der Waals surface area contributed by atoms with Crippen LogP contribution in [0.3, 0.4) is 0 Å². The first kappa shape index (κ1) is 21.6. The molecule has 2 rings (SSSR count). The molecule has 11 heteroatoms. The zero-order valence-corrected chi connectivity index (χ0v) is 14.3. The van der Waals surface area contributed by atoms with E-state index in [2.05, 4.69) is 18.8 Å². The van der Waals surface area contributed by atoms with Gasteiger partial charge in [0.15, 0.2) is 0 Å². The number of halogens is 3. The fourth-order valence-electron chi connectivity index (χ4n) is 2.52. The SMILES string of the molecule is CC(C)[C@@H]1CN(C(=O)Cn2cccnc2=O)C[C@H]1N.O=C(O)C(F)(F)F. The summed E-state index contributed by atoms with van der Waals surface area (Å²) in [4.78, 5) is 37.9. The van der Waals surface area contributed by atoms with Gasteiger partial charge in [0.05, 0.1) is 0 Å². The molecule has 1 amide bonds. The summed E-state index contributed by atoms with van der Waals surface area (Å²) in [7, 11) is 0. The molecule has 1 saturated heterocycles. The lowest BCUT2D eigenvalue weighted by Gasteiger charge is -2.18. The predicted octanol–water partition coefficient (Wildman–Crippen LogP) is 0.318. The van der Waals surface area contributed by atoms with Crippen molar-refractivity contribution in [2.24, 2.45) is 17.6 Å². The van der Waals surface area contributed by atoms with Crippen LogP contribution in [0.4, 0.5) is 13.2 Å². The predicted molar refractivity (Wildman–Crippen MR) is 85.1 cm³/mol. The van der Waals surface area contributed by atoms with Crippen LogP contribution in [0.2, 0.25) is 0 Å².